The molecule has 0 aromatic carbocycles. The third kappa shape index (κ3) is 3.93. The Balaban J connectivity index is 2.36. The van der Waals surface area contributed by atoms with Gasteiger partial charge in [0.25, 0.3) is 0 Å². The van der Waals surface area contributed by atoms with Gasteiger partial charge in [0.15, 0.2) is 11.9 Å². The Labute approximate surface area is 97.0 Å². The zero-order valence-electron chi connectivity index (χ0n) is 9.62. The number of carbonyl (C=O) groups is 1. The Kier molecular flexibility index (Phi) is 4.91. The normalized spacial score (nSPS) is 26.8. The first kappa shape index (κ1) is 14.4. The number of carbonyl (C=O) groups excluding carboxylic acids is 1. The van der Waals surface area contributed by atoms with E-state index in [1.165, 1.54) is 7.11 Å². The molecular weight excluding hydrogens is 241 g/mol. The third-order valence-electron chi connectivity index (χ3n) is 2.48. The third-order valence-corrected chi connectivity index (χ3v) is 2.48. The maximum Gasteiger partial charge on any atom is 0.414 e. The number of rotatable bonds is 6. The maximum atomic E-state index is 12.2. The van der Waals surface area contributed by atoms with Crippen molar-refractivity contribution in [2.75, 3.05) is 20.3 Å². The highest BCUT2D eigenvalue weighted by Gasteiger charge is 2.47. The van der Waals surface area contributed by atoms with Crippen LogP contribution in [0.1, 0.15) is 13.3 Å². The second-order valence-electron chi connectivity index (χ2n) is 3.81. The number of ether oxygens (including phenoxy) is 3. The standard InChI is InChI=1S/C10H15F3O4/c1-6(10(11,12)13)17-8-5-7(14)9(8)16-4-3-15-2/h6,8-9H,3-5H2,1-2H3. The first-order valence-electron chi connectivity index (χ1n) is 5.21. The van der Waals surface area contributed by atoms with Gasteiger partial charge in [-0.3, -0.25) is 4.79 Å². The van der Waals surface area contributed by atoms with Crippen molar-refractivity contribution in [3.05, 3.63) is 0 Å². The highest BCUT2D eigenvalue weighted by Crippen LogP contribution is 2.29. The van der Waals surface area contributed by atoms with Crippen molar-refractivity contribution >= 4 is 5.78 Å². The number of methoxy groups -OCH3 is 1. The van der Waals surface area contributed by atoms with Gasteiger partial charge in [-0.2, -0.15) is 13.2 Å². The Morgan fingerprint density at radius 1 is 1.41 bits per heavy atom. The van der Waals surface area contributed by atoms with Crippen molar-refractivity contribution in [1.29, 1.82) is 0 Å². The molecule has 0 N–H and O–H groups in total. The molecule has 0 heterocycles. The Morgan fingerprint density at radius 3 is 2.53 bits per heavy atom. The summed E-state index contributed by atoms with van der Waals surface area (Å²) >= 11 is 0. The zero-order chi connectivity index (χ0) is 13.1. The summed E-state index contributed by atoms with van der Waals surface area (Å²) in [6, 6.07) is 0. The molecule has 17 heavy (non-hydrogen) atoms. The van der Waals surface area contributed by atoms with E-state index in [0.29, 0.717) is 0 Å². The van der Waals surface area contributed by atoms with Crippen LogP contribution >= 0.6 is 0 Å². The molecule has 0 amide bonds. The van der Waals surface area contributed by atoms with E-state index in [-0.39, 0.29) is 25.4 Å². The lowest BCUT2D eigenvalue weighted by molar-refractivity contribution is -0.247. The van der Waals surface area contributed by atoms with Crippen molar-refractivity contribution in [1.82, 2.24) is 0 Å². The number of halogens is 3. The van der Waals surface area contributed by atoms with Gasteiger partial charge in [-0.25, -0.2) is 0 Å². The van der Waals surface area contributed by atoms with E-state index in [0.717, 1.165) is 6.92 Å². The van der Waals surface area contributed by atoms with Crippen LogP contribution in [0, 0.1) is 0 Å². The molecule has 1 aliphatic carbocycles. The lowest BCUT2D eigenvalue weighted by Gasteiger charge is -2.36. The minimum atomic E-state index is -4.42. The summed E-state index contributed by atoms with van der Waals surface area (Å²) in [6.07, 6.45) is -8.05. The molecule has 1 saturated carbocycles. The summed E-state index contributed by atoms with van der Waals surface area (Å²) in [5, 5.41) is 0. The first-order valence-corrected chi connectivity index (χ1v) is 5.21. The molecule has 3 atom stereocenters. The average molecular weight is 256 g/mol. The molecule has 0 radical (unpaired) electrons. The Bertz CT molecular complexity index is 267. The SMILES string of the molecule is COCCOC1C(=O)CC1OC(C)C(F)(F)F. The lowest BCUT2D eigenvalue weighted by Crippen LogP contribution is -2.53. The predicted molar refractivity (Wildman–Crippen MR) is 51.6 cm³/mol. The summed E-state index contributed by atoms with van der Waals surface area (Å²) < 4.78 is 51.2. The summed E-state index contributed by atoms with van der Waals surface area (Å²) in [5.41, 5.74) is 0. The number of hydrogen-bond donors (Lipinski definition) is 0. The van der Waals surface area contributed by atoms with Gasteiger partial charge in [-0.05, 0) is 6.92 Å². The predicted octanol–water partition coefficient (Wildman–Crippen LogP) is 1.33. The van der Waals surface area contributed by atoms with Crippen LogP contribution in [-0.2, 0) is 19.0 Å². The number of alkyl halides is 3. The largest absolute Gasteiger partial charge is 0.414 e. The second-order valence-corrected chi connectivity index (χ2v) is 3.81. The van der Waals surface area contributed by atoms with Gasteiger partial charge >= 0.3 is 6.18 Å². The summed E-state index contributed by atoms with van der Waals surface area (Å²) in [7, 11) is 1.46. The minimum absolute atomic E-state index is 0.0297. The molecule has 0 spiro atoms. The van der Waals surface area contributed by atoms with Gasteiger partial charge in [0, 0.05) is 13.5 Å². The highest BCUT2D eigenvalue weighted by molar-refractivity contribution is 5.90. The van der Waals surface area contributed by atoms with E-state index in [1.54, 1.807) is 0 Å². The minimum Gasteiger partial charge on any atom is -0.382 e. The number of hydrogen-bond acceptors (Lipinski definition) is 4. The van der Waals surface area contributed by atoms with Crippen LogP contribution in [0.3, 0.4) is 0 Å². The monoisotopic (exact) mass is 256 g/mol. The van der Waals surface area contributed by atoms with Crippen molar-refractivity contribution in [2.45, 2.75) is 37.8 Å². The molecular formula is C10H15F3O4. The van der Waals surface area contributed by atoms with Gasteiger partial charge < -0.3 is 14.2 Å². The van der Waals surface area contributed by atoms with Crippen molar-refractivity contribution < 1.29 is 32.2 Å². The van der Waals surface area contributed by atoms with E-state index < -0.39 is 24.5 Å². The van der Waals surface area contributed by atoms with Gasteiger partial charge in [-0.1, -0.05) is 0 Å². The molecule has 0 aliphatic heterocycles. The van der Waals surface area contributed by atoms with Crippen molar-refractivity contribution in [3.63, 3.8) is 0 Å². The average Bonchev–Trinajstić information content (AvgIpc) is 2.22. The molecule has 1 aliphatic rings. The quantitative estimate of drug-likeness (QED) is 0.672. The Hall–Kier alpha value is -0.660. The fraction of sp³-hybridized carbons (Fsp3) is 0.900. The molecule has 0 saturated heterocycles. The molecule has 100 valence electrons. The molecule has 7 heteroatoms. The van der Waals surface area contributed by atoms with Crippen LogP contribution in [0.2, 0.25) is 0 Å². The van der Waals surface area contributed by atoms with Crippen LogP contribution in [0.4, 0.5) is 13.2 Å². The maximum absolute atomic E-state index is 12.2. The molecule has 0 bridgehead atoms. The van der Waals surface area contributed by atoms with Gasteiger partial charge in [0.1, 0.15) is 6.10 Å². The van der Waals surface area contributed by atoms with Crippen LogP contribution in [-0.4, -0.2) is 50.6 Å². The smallest absolute Gasteiger partial charge is 0.382 e. The summed E-state index contributed by atoms with van der Waals surface area (Å²) in [5.74, 6) is -0.236. The fourth-order valence-corrected chi connectivity index (χ4v) is 1.39. The highest BCUT2D eigenvalue weighted by atomic mass is 19.4. The van der Waals surface area contributed by atoms with Gasteiger partial charge in [0.2, 0.25) is 0 Å². The van der Waals surface area contributed by atoms with Crippen LogP contribution in [0.5, 0.6) is 0 Å². The molecule has 4 nitrogen and oxygen atoms in total. The van der Waals surface area contributed by atoms with Gasteiger partial charge in [-0.15, -0.1) is 0 Å². The van der Waals surface area contributed by atoms with Crippen LogP contribution < -0.4 is 0 Å². The van der Waals surface area contributed by atoms with E-state index in [4.69, 9.17) is 14.2 Å². The van der Waals surface area contributed by atoms with E-state index >= 15 is 0 Å². The molecule has 3 unspecified atom stereocenters. The number of Topliss-reactive ketones (excluding diaryl/α,β-unsaturated/α-hetero) is 1. The summed E-state index contributed by atoms with van der Waals surface area (Å²) in [6.45, 7) is 1.35. The Morgan fingerprint density at radius 2 is 2.06 bits per heavy atom. The summed E-state index contributed by atoms with van der Waals surface area (Å²) in [4.78, 5) is 11.1. The fourth-order valence-electron chi connectivity index (χ4n) is 1.39. The molecule has 1 rings (SSSR count). The first-order chi connectivity index (χ1) is 7.86. The van der Waals surface area contributed by atoms with E-state index in [9.17, 15) is 18.0 Å². The van der Waals surface area contributed by atoms with Crippen molar-refractivity contribution in [3.8, 4) is 0 Å². The van der Waals surface area contributed by atoms with E-state index in [2.05, 4.69) is 0 Å². The van der Waals surface area contributed by atoms with Gasteiger partial charge in [0.05, 0.1) is 19.3 Å². The van der Waals surface area contributed by atoms with Crippen LogP contribution in [0.25, 0.3) is 0 Å². The lowest BCUT2D eigenvalue weighted by atomic mass is 9.89. The zero-order valence-corrected chi connectivity index (χ0v) is 9.62. The molecule has 0 aromatic heterocycles. The van der Waals surface area contributed by atoms with Crippen LogP contribution in [0.15, 0.2) is 0 Å². The molecule has 0 aromatic rings. The topological polar surface area (TPSA) is 44.8 Å². The second kappa shape index (κ2) is 5.79. The van der Waals surface area contributed by atoms with E-state index in [1.807, 2.05) is 0 Å². The molecule has 1 fully saturated rings. The number of ketones is 1. The van der Waals surface area contributed by atoms with Crippen molar-refractivity contribution in [2.24, 2.45) is 0 Å².